The number of rotatable bonds is 5. The summed E-state index contributed by atoms with van der Waals surface area (Å²) in [6.45, 7) is 4.64. The summed E-state index contributed by atoms with van der Waals surface area (Å²) in [5.41, 5.74) is 0.444. The highest BCUT2D eigenvalue weighted by Gasteiger charge is 2.29. The van der Waals surface area contributed by atoms with Crippen LogP contribution < -0.4 is 0 Å². The fraction of sp³-hybridized carbons (Fsp3) is 0.538. The minimum atomic E-state index is -4.22. The van der Waals surface area contributed by atoms with Crippen LogP contribution in [-0.4, -0.2) is 8.80 Å². The summed E-state index contributed by atoms with van der Waals surface area (Å²) >= 11 is 0. The van der Waals surface area contributed by atoms with Gasteiger partial charge in [-0.3, -0.25) is 0 Å². The number of benzene rings is 1. The van der Waals surface area contributed by atoms with Gasteiger partial charge < -0.3 is 0 Å². The molecule has 1 rings (SSSR count). The summed E-state index contributed by atoms with van der Waals surface area (Å²) in [5.74, 6) is 0. The minimum Gasteiger partial charge on any atom is -0.166 e. The molecule has 0 aromatic heterocycles. The SMILES string of the molecule is C[SiH](C)CCCCc1ccc(C(F)(F)F)cc1. The summed E-state index contributed by atoms with van der Waals surface area (Å²) in [7, 11) is -0.476. The van der Waals surface area contributed by atoms with Crippen LogP contribution >= 0.6 is 0 Å². The molecule has 96 valence electrons. The zero-order valence-corrected chi connectivity index (χ0v) is 11.5. The maximum absolute atomic E-state index is 12.3. The van der Waals surface area contributed by atoms with Crippen molar-refractivity contribution < 1.29 is 13.2 Å². The van der Waals surface area contributed by atoms with Crippen molar-refractivity contribution in [1.82, 2.24) is 0 Å². The van der Waals surface area contributed by atoms with Crippen LogP contribution in [0.5, 0.6) is 0 Å². The lowest BCUT2D eigenvalue weighted by Gasteiger charge is -2.08. The molecule has 0 radical (unpaired) electrons. The average Bonchev–Trinajstić information content (AvgIpc) is 2.23. The Kier molecular flexibility index (Phi) is 5.24. The van der Waals surface area contributed by atoms with Crippen molar-refractivity contribution in [2.45, 2.75) is 44.6 Å². The number of unbranched alkanes of at least 4 members (excludes halogenated alkanes) is 1. The van der Waals surface area contributed by atoms with Crippen molar-refractivity contribution in [3.63, 3.8) is 0 Å². The van der Waals surface area contributed by atoms with E-state index in [9.17, 15) is 13.2 Å². The molecule has 0 spiro atoms. The highest BCUT2D eigenvalue weighted by atomic mass is 28.3. The van der Waals surface area contributed by atoms with E-state index >= 15 is 0 Å². The Morgan fingerprint density at radius 2 is 1.59 bits per heavy atom. The van der Waals surface area contributed by atoms with Crippen LogP contribution in [0, 0.1) is 0 Å². The maximum atomic E-state index is 12.3. The van der Waals surface area contributed by atoms with Crippen LogP contribution in [0.1, 0.15) is 24.0 Å². The molecular formula is C13H19F3Si. The van der Waals surface area contributed by atoms with E-state index in [0.29, 0.717) is 0 Å². The highest BCUT2D eigenvalue weighted by Crippen LogP contribution is 2.29. The van der Waals surface area contributed by atoms with Crippen molar-refractivity contribution in [3.8, 4) is 0 Å². The number of halogens is 3. The van der Waals surface area contributed by atoms with Crippen molar-refractivity contribution in [3.05, 3.63) is 35.4 Å². The molecule has 0 saturated heterocycles. The average molecular weight is 260 g/mol. The van der Waals surface area contributed by atoms with Gasteiger partial charge in [0.25, 0.3) is 0 Å². The molecule has 0 atom stereocenters. The molecule has 0 aliphatic rings. The van der Waals surface area contributed by atoms with E-state index in [0.717, 1.165) is 18.4 Å². The van der Waals surface area contributed by atoms with Crippen LogP contribution in [-0.2, 0) is 12.6 Å². The molecule has 0 bridgehead atoms. The summed E-state index contributed by atoms with van der Waals surface area (Å²) in [5, 5.41) is 0. The summed E-state index contributed by atoms with van der Waals surface area (Å²) < 4.78 is 37.0. The van der Waals surface area contributed by atoms with E-state index in [1.54, 1.807) is 12.1 Å². The van der Waals surface area contributed by atoms with Crippen molar-refractivity contribution >= 4 is 8.80 Å². The fourth-order valence-corrected chi connectivity index (χ4v) is 2.85. The molecule has 0 N–H and O–H groups in total. The first-order valence-corrected chi connectivity index (χ1v) is 9.18. The third-order valence-electron chi connectivity index (χ3n) is 2.78. The van der Waals surface area contributed by atoms with Crippen molar-refractivity contribution in [1.29, 1.82) is 0 Å². The van der Waals surface area contributed by atoms with Crippen LogP contribution in [0.4, 0.5) is 13.2 Å². The van der Waals surface area contributed by atoms with E-state index in [1.165, 1.54) is 24.6 Å². The van der Waals surface area contributed by atoms with Gasteiger partial charge in [-0.2, -0.15) is 13.2 Å². The zero-order chi connectivity index (χ0) is 12.9. The van der Waals surface area contributed by atoms with Crippen molar-refractivity contribution in [2.24, 2.45) is 0 Å². The van der Waals surface area contributed by atoms with Crippen LogP contribution in [0.2, 0.25) is 19.1 Å². The molecular weight excluding hydrogens is 241 g/mol. The predicted octanol–water partition coefficient (Wildman–Crippen LogP) is 4.51. The lowest BCUT2D eigenvalue weighted by Crippen LogP contribution is -2.04. The van der Waals surface area contributed by atoms with Gasteiger partial charge in [0.15, 0.2) is 0 Å². The standard InChI is InChI=1S/C13H19F3Si/c1-17(2)10-4-3-5-11-6-8-12(9-7-11)13(14,15)16/h6-9,17H,3-5,10H2,1-2H3. The third-order valence-corrected chi connectivity index (χ3v) is 4.34. The first-order valence-electron chi connectivity index (χ1n) is 6.05. The van der Waals surface area contributed by atoms with E-state index in [2.05, 4.69) is 13.1 Å². The number of hydrogen-bond acceptors (Lipinski definition) is 0. The van der Waals surface area contributed by atoms with Gasteiger partial charge in [0.1, 0.15) is 0 Å². The summed E-state index contributed by atoms with van der Waals surface area (Å²) in [6, 6.07) is 6.85. The van der Waals surface area contributed by atoms with Gasteiger partial charge in [0.05, 0.1) is 5.56 Å². The Labute approximate surface area is 102 Å². The highest BCUT2D eigenvalue weighted by molar-refractivity contribution is 6.55. The molecule has 0 fully saturated rings. The van der Waals surface area contributed by atoms with E-state index in [1.807, 2.05) is 0 Å². The number of alkyl halides is 3. The van der Waals surface area contributed by atoms with Gasteiger partial charge in [-0.1, -0.05) is 37.7 Å². The van der Waals surface area contributed by atoms with Gasteiger partial charge in [0.2, 0.25) is 0 Å². The first-order chi connectivity index (χ1) is 7.89. The zero-order valence-electron chi connectivity index (χ0n) is 10.3. The molecule has 0 unspecified atom stereocenters. The second-order valence-corrected chi connectivity index (χ2v) is 8.20. The maximum Gasteiger partial charge on any atom is 0.416 e. The van der Waals surface area contributed by atoms with Gasteiger partial charge >= 0.3 is 6.18 Å². The molecule has 0 saturated carbocycles. The fourth-order valence-electron chi connectivity index (χ4n) is 1.74. The van der Waals surface area contributed by atoms with Gasteiger partial charge in [-0.25, -0.2) is 0 Å². The molecule has 1 aromatic rings. The predicted molar refractivity (Wildman–Crippen MR) is 68.1 cm³/mol. The second kappa shape index (κ2) is 6.24. The number of hydrogen-bond donors (Lipinski definition) is 0. The van der Waals surface area contributed by atoms with Gasteiger partial charge in [0, 0.05) is 8.80 Å². The minimum absolute atomic E-state index is 0.476. The van der Waals surface area contributed by atoms with Crippen LogP contribution in [0.3, 0.4) is 0 Å². The Bertz CT molecular complexity index is 328. The Hall–Kier alpha value is -0.773. The molecule has 0 aliphatic carbocycles. The quantitative estimate of drug-likeness (QED) is 0.539. The van der Waals surface area contributed by atoms with Crippen LogP contribution in [0.25, 0.3) is 0 Å². The lowest BCUT2D eigenvalue weighted by atomic mass is 10.1. The van der Waals surface area contributed by atoms with Gasteiger partial charge in [-0.15, -0.1) is 0 Å². The molecule has 0 aliphatic heterocycles. The monoisotopic (exact) mass is 260 g/mol. The second-order valence-electron chi connectivity index (χ2n) is 4.83. The van der Waals surface area contributed by atoms with Crippen LogP contribution in [0.15, 0.2) is 24.3 Å². The van der Waals surface area contributed by atoms with E-state index in [-0.39, 0.29) is 0 Å². The molecule has 0 heterocycles. The topological polar surface area (TPSA) is 0 Å². The molecule has 0 nitrogen and oxygen atoms in total. The van der Waals surface area contributed by atoms with Gasteiger partial charge in [-0.05, 0) is 30.5 Å². The Balaban J connectivity index is 2.41. The smallest absolute Gasteiger partial charge is 0.166 e. The molecule has 17 heavy (non-hydrogen) atoms. The molecule has 1 aromatic carbocycles. The normalized spacial score (nSPS) is 12.1. The number of aryl methyl sites for hydroxylation is 1. The largest absolute Gasteiger partial charge is 0.416 e. The van der Waals surface area contributed by atoms with E-state index in [4.69, 9.17) is 0 Å². The van der Waals surface area contributed by atoms with E-state index < -0.39 is 20.5 Å². The third kappa shape index (κ3) is 5.39. The molecule has 0 amide bonds. The summed E-state index contributed by atoms with van der Waals surface area (Å²) in [6.07, 6.45) is -1.05. The lowest BCUT2D eigenvalue weighted by molar-refractivity contribution is -0.137. The molecule has 4 heteroatoms. The van der Waals surface area contributed by atoms with Crippen molar-refractivity contribution in [2.75, 3.05) is 0 Å². The Morgan fingerprint density at radius 1 is 1.00 bits per heavy atom. The Morgan fingerprint density at radius 3 is 2.06 bits per heavy atom. The summed E-state index contributed by atoms with van der Waals surface area (Å²) in [4.78, 5) is 0. The first kappa shape index (κ1) is 14.3.